The van der Waals surface area contributed by atoms with Crippen LogP contribution < -0.4 is 5.32 Å². The Bertz CT molecular complexity index is 496. The summed E-state index contributed by atoms with van der Waals surface area (Å²) in [6.45, 7) is 2.69. The van der Waals surface area contributed by atoms with Gasteiger partial charge in [-0.15, -0.1) is 0 Å². The molecule has 2 fully saturated rings. The van der Waals surface area contributed by atoms with Crippen LogP contribution in [-0.4, -0.2) is 23.4 Å². The second kappa shape index (κ2) is 6.14. The Balaban J connectivity index is 1.71. The van der Waals surface area contributed by atoms with Crippen LogP contribution in [0.2, 0.25) is 0 Å². The lowest BCUT2D eigenvalue weighted by atomic mass is 10.0. The van der Waals surface area contributed by atoms with Gasteiger partial charge in [-0.3, -0.25) is 10.1 Å². The van der Waals surface area contributed by atoms with Gasteiger partial charge >= 0.3 is 0 Å². The third kappa shape index (κ3) is 3.10. The average Bonchev–Trinajstić information content (AvgIpc) is 3.08. The molecule has 1 heterocycles. The fourth-order valence-electron chi connectivity index (χ4n) is 3.56. The molecule has 0 radical (unpaired) electrons. The van der Waals surface area contributed by atoms with E-state index in [-0.39, 0.29) is 23.9 Å². The van der Waals surface area contributed by atoms with Crippen molar-refractivity contribution in [3.8, 4) is 0 Å². The second-order valence-electron chi connectivity index (χ2n) is 6.31. The molecule has 3 nitrogen and oxygen atoms in total. The Morgan fingerprint density at radius 3 is 2.57 bits per heavy atom. The standard InChI is InChI=1S/C17H23FN2O/c1-12-17(21)20(11-10-13-4-2-3-5-13)16(19-12)14-6-8-15(18)9-7-14/h6-9,12-13,16,19H,2-5,10-11H2,1H3. The zero-order valence-electron chi connectivity index (χ0n) is 12.5. The molecule has 2 atom stereocenters. The molecule has 21 heavy (non-hydrogen) atoms. The molecular weight excluding hydrogens is 267 g/mol. The van der Waals surface area contributed by atoms with Gasteiger partial charge in [-0.05, 0) is 37.0 Å². The van der Waals surface area contributed by atoms with Crippen molar-refractivity contribution in [1.82, 2.24) is 10.2 Å². The number of halogens is 1. The van der Waals surface area contributed by atoms with Gasteiger partial charge in [-0.2, -0.15) is 0 Å². The van der Waals surface area contributed by atoms with Crippen molar-refractivity contribution in [2.45, 2.75) is 51.2 Å². The molecule has 1 aromatic rings. The number of nitrogens with one attached hydrogen (secondary N) is 1. The van der Waals surface area contributed by atoms with Gasteiger partial charge in [0.25, 0.3) is 0 Å². The summed E-state index contributed by atoms with van der Waals surface area (Å²) in [7, 11) is 0. The van der Waals surface area contributed by atoms with Crippen molar-refractivity contribution >= 4 is 5.91 Å². The van der Waals surface area contributed by atoms with E-state index in [0.29, 0.717) is 0 Å². The van der Waals surface area contributed by atoms with E-state index >= 15 is 0 Å². The summed E-state index contributed by atoms with van der Waals surface area (Å²) in [5.74, 6) is 0.679. The number of carbonyl (C=O) groups excluding carboxylic acids is 1. The highest BCUT2D eigenvalue weighted by atomic mass is 19.1. The van der Waals surface area contributed by atoms with Gasteiger partial charge in [0.15, 0.2) is 0 Å². The number of rotatable bonds is 4. The SMILES string of the molecule is CC1NC(c2ccc(F)cc2)N(CCC2CCCC2)C1=O. The van der Waals surface area contributed by atoms with Crippen molar-refractivity contribution in [2.24, 2.45) is 5.92 Å². The third-order valence-corrected chi connectivity index (χ3v) is 4.81. The summed E-state index contributed by atoms with van der Waals surface area (Å²) >= 11 is 0. The van der Waals surface area contributed by atoms with E-state index < -0.39 is 0 Å². The van der Waals surface area contributed by atoms with Gasteiger partial charge in [0.1, 0.15) is 12.0 Å². The first-order valence-corrected chi connectivity index (χ1v) is 7.97. The van der Waals surface area contributed by atoms with Crippen molar-refractivity contribution in [1.29, 1.82) is 0 Å². The van der Waals surface area contributed by atoms with Crippen molar-refractivity contribution in [2.75, 3.05) is 6.54 Å². The Labute approximate surface area is 125 Å². The number of amides is 1. The van der Waals surface area contributed by atoms with Crippen LogP contribution in [0.4, 0.5) is 4.39 Å². The Hall–Kier alpha value is -1.42. The smallest absolute Gasteiger partial charge is 0.241 e. The monoisotopic (exact) mass is 290 g/mol. The van der Waals surface area contributed by atoms with Gasteiger partial charge in [-0.25, -0.2) is 4.39 Å². The zero-order valence-corrected chi connectivity index (χ0v) is 12.5. The Morgan fingerprint density at radius 1 is 1.24 bits per heavy atom. The zero-order chi connectivity index (χ0) is 14.8. The molecule has 2 unspecified atom stereocenters. The molecular formula is C17H23FN2O. The van der Waals surface area contributed by atoms with E-state index in [0.717, 1.165) is 24.4 Å². The van der Waals surface area contributed by atoms with E-state index in [4.69, 9.17) is 0 Å². The lowest BCUT2D eigenvalue weighted by Gasteiger charge is -2.26. The molecule has 0 aromatic heterocycles. The van der Waals surface area contributed by atoms with Crippen LogP contribution in [0.5, 0.6) is 0 Å². The maximum atomic E-state index is 13.1. The van der Waals surface area contributed by atoms with Crippen molar-refractivity contribution < 1.29 is 9.18 Å². The molecule has 1 N–H and O–H groups in total. The van der Waals surface area contributed by atoms with E-state index in [9.17, 15) is 9.18 Å². The Morgan fingerprint density at radius 2 is 1.90 bits per heavy atom. The van der Waals surface area contributed by atoms with Crippen LogP contribution in [0.1, 0.15) is 50.8 Å². The highest BCUT2D eigenvalue weighted by Gasteiger charge is 2.37. The van der Waals surface area contributed by atoms with Gasteiger partial charge in [0, 0.05) is 6.54 Å². The minimum absolute atomic E-state index is 0.116. The molecule has 3 rings (SSSR count). The highest BCUT2D eigenvalue weighted by molar-refractivity contribution is 5.84. The maximum Gasteiger partial charge on any atom is 0.241 e. The third-order valence-electron chi connectivity index (χ3n) is 4.81. The minimum Gasteiger partial charge on any atom is -0.322 e. The van der Waals surface area contributed by atoms with E-state index in [1.165, 1.54) is 37.8 Å². The van der Waals surface area contributed by atoms with E-state index in [1.807, 2.05) is 11.8 Å². The van der Waals surface area contributed by atoms with Gasteiger partial charge in [-0.1, -0.05) is 37.8 Å². The van der Waals surface area contributed by atoms with E-state index in [1.54, 1.807) is 12.1 Å². The average molecular weight is 290 g/mol. The summed E-state index contributed by atoms with van der Waals surface area (Å²) in [6, 6.07) is 6.28. The molecule has 2 aliphatic rings. The van der Waals surface area contributed by atoms with Crippen LogP contribution in [-0.2, 0) is 4.79 Å². The van der Waals surface area contributed by atoms with Crippen LogP contribution in [0.15, 0.2) is 24.3 Å². The van der Waals surface area contributed by atoms with Gasteiger partial charge in [0.2, 0.25) is 5.91 Å². The number of benzene rings is 1. The van der Waals surface area contributed by atoms with Crippen molar-refractivity contribution in [3.63, 3.8) is 0 Å². The predicted octanol–water partition coefficient (Wildman–Crippen LogP) is 3.22. The summed E-state index contributed by atoms with van der Waals surface area (Å²) in [4.78, 5) is 14.3. The first-order valence-electron chi connectivity index (χ1n) is 7.97. The number of nitrogens with zero attached hydrogens (tertiary/aromatic N) is 1. The molecule has 1 aliphatic carbocycles. The van der Waals surface area contributed by atoms with Crippen LogP contribution in [0, 0.1) is 11.7 Å². The van der Waals surface area contributed by atoms with Crippen LogP contribution in [0.25, 0.3) is 0 Å². The molecule has 1 amide bonds. The molecule has 1 aromatic carbocycles. The lowest BCUT2D eigenvalue weighted by Crippen LogP contribution is -2.32. The maximum absolute atomic E-state index is 13.1. The molecule has 1 saturated carbocycles. The summed E-state index contributed by atoms with van der Waals surface area (Å²) in [6.07, 6.45) is 6.22. The fraction of sp³-hybridized carbons (Fsp3) is 0.588. The molecule has 1 aliphatic heterocycles. The lowest BCUT2D eigenvalue weighted by molar-refractivity contribution is -0.130. The quantitative estimate of drug-likeness (QED) is 0.923. The number of hydrogen-bond donors (Lipinski definition) is 1. The van der Waals surface area contributed by atoms with Crippen LogP contribution in [0.3, 0.4) is 0 Å². The normalized spacial score (nSPS) is 26.8. The fourth-order valence-corrected chi connectivity index (χ4v) is 3.56. The molecule has 1 saturated heterocycles. The van der Waals surface area contributed by atoms with Crippen LogP contribution >= 0.6 is 0 Å². The highest BCUT2D eigenvalue weighted by Crippen LogP contribution is 2.31. The Kier molecular flexibility index (Phi) is 4.24. The predicted molar refractivity (Wildman–Crippen MR) is 80.0 cm³/mol. The molecule has 0 bridgehead atoms. The summed E-state index contributed by atoms with van der Waals surface area (Å²) in [5, 5.41) is 3.32. The molecule has 114 valence electrons. The molecule has 4 heteroatoms. The topological polar surface area (TPSA) is 32.3 Å². The second-order valence-corrected chi connectivity index (χ2v) is 6.31. The largest absolute Gasteiger partial charge is 0.322 e. The minimum atomic E-state index is -0.242. The first-order chi connectivity index (χ1) is 10.1. The summed E-state index contributed by atoms with van der Waals surface area (Å²) in [5.41, 5.74) is 0.959. The summed E-state index contributed by atoms with van der Waals surface area (Å²) < 4.78 is 13.1. The van der Waals surface area contributed by atoms with Crippen molar-refractivity contribution in [3.05, 3.63) is 35.6 Å². The van der Waals surface area contributed by atoms with E-state index in [2.05, 4.69) is 5.32 Å². The van der Waals surface area contributed by atoms with Gasteiger partial charge in [0.05, 0.1) is 6.04 Å². The number of carbonyl (C=O) groups is 1. The first kappa shape index (κ1) is 14.5. The molecule has 0 spiro atoms. The van der Waals surface area contributed by atoms with Gasteiger partial charge < -0.3 is 4.90 Å². The number of hydrogen-bond acceptors (Lipinski definition) is 2.